The summed E-state index contributed by atoms with van der Waals surface area (Å²) < 4.78 is 0. The number of ketones is 1. The summed E-state index contributed by atoms with van der Waals surface area (Å²) in [6.45, 7) is 6.58. The van der Waals surface area contributed by atoms with Gasteiger partial charge in [-0.05, 0) is 34.8 Å². The van der Waals surface area contributed by atoms with Crippen LogP contribution in [0.2, 0.25) is 0 Å². The van der Waals surface area contributed by atoms with Crippen molar-refractivity contribution in [2.24, 2.45) is 0 Å². The minimum Gasteiger partial charge on any atom is -0.352 e. The first-order chi connectivity index (χ1) is 9.95. The van der Waals surface area contributed by atoms with Gasteiger partial charge in [-0.15, -0.1) is 0 Å². The Morgan fingerprint density at radius 2 is 1.62 bits per heavy atom. The van der Waals surface area contributed by atoms with Gasteiger partial charge in [0, 0.05) is 11.3 Å². The van der Waals surface area contributed by atoms with E-state index in [0.717, 1.165) is 16.8 Å². The Bertz CT molecular complexity index is 718. The predicted octanol–water partition coefficient (Wildman–Crippen LogP) is 4.63. The maximum Gasteiger partial charge on any atom is 0.211 e. The average molecular weight is 277 g/mol. The van der Waals surface area contributed by atoms with Crippen LogP contribution in [-0.4, -0.2) is 5.78 Å². The SMILES string of the molecule is CC(C)(C)c1ccc(/C=C2/Nc3ccccc3C2=O)cc1. The molecule has 0 bridgehead atoms. The van der Waals surface area contributed by atoms with Crippen LogP contribution in [0.15, 0.2) is 54.2 Å². The van der Waals surface area contributed by atoms with Gasteiger partial charge < -0.3 is 5.32 Å². The standard InChI is InChI=1S/C19H19NO/c1-19(2,3)14-10-8-13(9-11-14)12-17-18(21)15-6-4-5-7-16(15)20-17/h4-12,20H,1-3H3/b17-12+. The molecule has 0 amide bonds. The van der Waals surface area contributed by atoms with Gasteiger partial charge in [0.05, 0.1) is 5.70 Å². The van der Waals surface area contributed by atoms with E-state index < -0.39 is 0 Å². The number of para-hydroxylation sites is 1. The summed E-state index contributed by atoms with van der Waals surface area (Å²) in [5, 5.41) is 3.19. The molecular formula is C19H19NO. The fourth-order valence-electron chi connectivity index (χ4n) is 2.48. The van der Waals surface area contributed by atoms with Crippen molar-refractivity contribution in [3.05, 3.63) is 70.9 Å². The zero-order chi connectivity index (χ0) is 15.0. The van der Waals surface area contributed by atoms with E-state index in [1.54, 1.807) is 0 Å². The van der Waals surface area contributed by atoms with Crippen molar-refractivity contribution in [1.82, 2.24) is 0 Å². The second-order valence-electron chi connectivity index (χ2n) is 6.43. The number of nitrogens with one attached hydrogen (secondary N) is 1. The maximum atomic E-state index is 12.3. The fourth-order valence-corrected chi connectivity index (χ4v) is 2.48. The molecule has 0 radical (unpaired) electrons. The number of allylic oxidation sites excluding steroid dienone is 1. The van der Waals surface area contributed by atoms with E-state index in [1.807, 2.05) is 30.3 Å². The van der Waals surface area contributed by atoms with E-state index in [-0.39, 0.29) is 11.2 Å². The lowest BCUT2D eigenvalue weighted by Gasteiger charge is -2.18. The molecule has 0 fully saturated rings. The molecule has 1 N–H and O–H groups in total. The number of carbonyl (C=O) groups excluding carboxylic acids is 1. The van der Waals surface area contributed by atoms with Crippen LogP contribution >= 0.6 is 0 Å². The van der Waals surface area contributed by atoms with E-state index in [9.17, 15) is 4.79 Å². The van der Waals surface area contributed by atoms with Crippen molar-refractivity contribution in [2.75, 3.05) is 5.32 Å². The monoisotopic (exact) mass is 277 g/mol. The van der Waals surface area contributed by atoms with Crippen LogP contribution in [0, 0.1) is 0 Å². The first kappa shape index (κ1) is 13.6. The molecule has 0 unspecified atom stereocenters. The van der Waals surface area contributed by atoms with Gasteiger partial charge in [0.2, 0.25) is 5.78 Å². The third-order valence-corrected chi connectivity index (χ3v) is 3.77. The molecule has 2 aromatic carbocycles. The van der Waals surface area contributed by atoms with Gasteiger partial charge in [0.1, 0.15) is 0 Å². The molecule has 0 saturated heterocycles. The molecule has 0 atom stereocenters. The van der Waals surface area contributed by atoms with E-state index in [1.165, 1.54) is 5.56 Å². The Balaban J connectivity index is 1.89. The van der Waals surface area contributed by atoms with E-state index in [0.29, 0.717) is 5.70 Å². The predicted molar refractivity (Wildman–Crippen MR) is 87.5 cm³/mol. The number of Topliss-reactive ketones (excluding diaryl/α,β-unsaturated/α-hetero) is 1. The Labute approximate surface area is 125 Å². The quantitative estimate of drug-likeness (QED) is 0.770. The molecule has 0 aromatic heterocycles. The molecule has 0 saturated carbocycles. The molecule has 1 aliphatic rings. The zero-order valence-electron chi connectivity index (χ0n) is 12.6. The minimum atomic E-state index is 0.0606. The molecule has 1 aliphatic heterocycles. The van der Waals surface area contributed by atoms with Crippen molar-refractivity contribution in [3.63, 3.8) is 0 Å². The van der Waals surface area contributed by atoms with Gasteiger partial charge in [-0.25, -0.2) is 0 Å². The highest BCUT2D eigenvalue weighted by Crippen LogP contribution is 2.29. The summed E-state index contributed by atoms with van der Waals surface area (Å²) in [6, 6.07) is 16.0. The van der Waals surface area contributed by atoms with Crippen molar-refractivity contribution in [3.8, 4) is 0 Å². The Kier molecular flexibility index (Phi) is 3.17. The number of hydrogen-bond acceptors (Lipinski definition) is 2. The largest absolute Gasteiger partial charge is 0.352 e. The minimum absolute atomic E-state index is 0.0606. The summed E-state index contributed by atoms with van der Waals surface area (Å²) in [5.41, 5.74) is 4.74. The Morgan fingerprint density at radius 3 is 2.24 bits per heavy atom. The van der Waals surface area contributed by atoms with Crippen LogP contribution in [0.5, 0.6) is 0 Å². The molecule has 0 aliphatic carbocycles. The summed E-state index contributed by atoms with van der Waals surface area (Å²) in [5.74, 6) is 0.0606. The summed E-state index contributed by atoms with van der Waals surface area (Å²) >= 11 is 0. The lowest BCUT2D eigenvalue weighted by Crippen LogP contribution is -2.10. The molecule has 1 heterocycles. The molecule has 2 heteroatoms. The normalized spacial score (nSPS) is 16.0. The zero-order valence-corrected chi connectivity index (χ0v) is 12.6. The average Bonchev–Trinajstić information content (AvgIpc) is 2.76. The van der Waals surface area contributed by atoms with Crippen LogP contribution in [-0.2, 0) is 5.41 Å². The molecule has 106 valence electrons. The van der Waals surface area contributed by atoms with Crippen molar-refractivity contribution in [2.45, 2.75) is 26.2 Å². The smallest absolute Gasteiger partial charge is 0.211 e. The van der Waals surface area contributed by atoms with Gasteiger partial charge in [-0.2, -0.15) is 0 Å². The summed E-state index contributed by atoms with van der Waals surface area (Å²) in [6.07, 6.45) is 1.91. The highest BCUT2D eigenvalue weighted by atomic mass is 16.1. The second kappa shape index (κ2) is 4.88. The summed E-state index contributed by atoms with van der Waals surface area (Å²) in [7, 11) is 0. The third-order valence-electron chi connectivity index (χ3n) is 3.77. The Hall–Kier alpha value is -2.35. The van der Waals surface area contributed by atoms with E-state index >= 15 is 0 Å². The third kappa shape index (κ3) is 2.62. The number of hydrogen-bond donors (Lipinski definition) is 1. The molecule has 21 heavy (non-hydrogen) atoms. The summed E-state index contributed by atoms with van der Waals surface area (Å²) in [4.78, 5) is 12.3. The fraction of sp³-hybridized carbons (Fsp3) is 0.211. The van der Waals surface area contributed by atoms with E-state index in [2.05, 4.69) is 50.4 Å². The molecule has 3 rings (SSSR count). The second-order valence-corrected chi connectivity index (χ2v) is 6.43. The van der Waals surface area contributed by atoms with Crippen LogP contribution in [0.1, 0.15) is 42.3 Å². The lowest BCUT2D eigenvalue weighted by molar-refractivity contribution is 0.104. The number of benzene rings is 2. The molecular weight excluding hydrogens is 258 g/mol. The molecule has 2 aromatic rings. The van der Waals surface area contributed by atoms with Gasteiger partial charge in [0.25, 0.3) is 0 Å². The van der Waals surface area contributed by atoms with Crippen LogP contribution in [0.4, 0.5) is 5.69 Å². The highest BCUT2D eigenvalue weighted by Gasteiger charge is 2.23. The van der Waals surface area contributed by atoms with Gasteiger partial charge in [-0.1, -0.05) is 57.2 Å². The van der Waals surface area contributed by atoms with Crippen LogP contribution < -0.4 is 5.32 Å². The van der Waals surface area contributed by atoms with Gasteiger partial charge in [0.15, 0.2) is 0 Å². The van der Waals surface area contributed by atoms with Crippen LogP contribution in [0.25, 0.3) is 6.08 Å². The van der Waals surface area contributed by atoms with Gasteiger partial charge in [-0.3, -0.25) is 4.79 Å². The Morgan fingerprint density at radius 1 is 0.952 bits per heavy atom. The molecule has 2 nitrogen and oxygen atoms in total. The van der Waals surface area contributed by atoms with Crippen molar-refractivity contribution in [1.29, 1.82) is 0 Å². The van der Waals surface area contributed by atoms with E-state index in [4.69, 9.17) is 0 Å². The number of anilines is 1. The number of fused-ring (bicyclic) bond motifs is 1. The van der Waals surface area contributed by atoms with Crippen molar-refractivity contribution >= 4 is 17.5 Å². The maximum absolute atomic E-state index is 12.3. The van der Waals surface area contributed by atoms with Crippen LogP contribution in [0.3, 0.4) is 0 Å². The topological polar surface area (TPSA) is 29.1 Å². The molecule has 0 spiro atoms. The number of carbonyl (C=O) groups is 1. The first-order valence-electron chi connectivity index (χ1n) is 7.18. The highest BCUT2D eigenvalue weighted by molar-refractivity contribution is 6.20. The van der Waals surface area contributed by atoms with Crippen molar-refractivity contribution < 1.29 is 4.79 Å². The number of rotatable bonds is 1. The lowest BCUT2D eigenvalue weighted by atomic mass is 9.86. The first-order valence-corrected chi connectivity index (χ1v) is 7.18. The van der Waals surface area contributed by atoms with Gasteiger partial charge >= 0.3 is 0 Å².